The van der Waals surface area contributed by atoms with Gasteiger partial charge in [-0.3, -0.25) is 4.57 Å². The SMILES string of the molecule is [Pt].c1ccc(-n2c3ccccc3c3ccc(-n4c5ccccc5c5ccc(-n6cccn6)cc54)cc32)nc1. The van der Waals surface area contributed by atoms with Gasteiger partial charge in [-0.15, -0.1) is 0 Å². The van der Waals surface area contributed by atoms with Gasteiger partial charge in [0, 0.05) is 66.9 Å². The third-order valence-corrected chi connectivity index (χ3v) is 7.22. The number of para-hydroxylation sites is 2. The molecule has 0 saturated heterocycles. The molecule has 0 aliphatic carbocycles. The van der Waals surface area contributed by atoms with Gasteiger partial charge in [0.1, 0.15) is 5.82 Å². The normalized spacial score (nSPS) is 11.5. The zero-order chi connectivity index (χ0) is 24.3. The molecular weight excluding hydrogens is 649 g/mol. The minimum Gasteiger partial charge on any atom is -0.309 e. The molecule has 0 saturated carbocycles. The van der Waals surface area contributed by atoms with Crippen LogP contribution in [-0.4, -0.2) is 23.9 Å². The van der Waals surface area contributed by atoms with Gasteiger partial charge in [-0.05, 0) is 54.6 Å². The Balaban J connectivity index is 0.00000242. The molecule has 0 fully saturated rings. The average Bonchev–Trinajstić information content (AvgIpc) is 3.68. The van der Waals surface area contributed by atoms with Crippen molar-refractivity contribution < 1.29 is 21.1 Å². The Morgan fingerprint density at radius 2 is 1.08 bits per heavy atom. The summed E-state index contributed by atoms with van der Waals surface area (Å²) in [5, 5.41) is 9.34. The molecule has 0 aliphatic heterocycles. The molecule has 5 nitrogen and oxygen atoms in total. The van der Waals surface area contributed by atoms with Crippen LogP contribution in [0, 0.1) is 0 Å². The molecule has 38 heavy (non-hydrogen) atoms. The Labute approximate surface area is 232 Å². The minimum atomic E-state index is 0. The molecule has 0 bridgehead atoms. The monoisotopic (exact) mass is 670 g/mol. The van der Waals surface area contributed by atoms with Gasteiger partial charge in [0.15, 0.2) is 0 Å². The summed E-state index contributed by atoms with van der Waals surface area (Å²) in [6, 6.07) is 38.5. The second kappa shape index (κ2) is 8.83. The van der Waals surface area contributed by atoms with Gasteiger partial charge in [-0.1, -0.05) is 54.6 Å². The molecule has 0 atom stereocenters. The quantitative estimate of drug-likeness (QED) is 0.196. The van der Waals surface area contributed by atoms with Crippen molar-refractivity contribution in [3.8, 4) is 17.2 Å². The fraction of sp³-hybridized carbons (Fsp3) is 0. The van der Waals surface area contributed by atoms with E-state index in [0.717, 1.165) is 33.7 Å². The smallest absolute Gasteiger partial charge is 0.137 e. The number of aromatic nitrogens is 5. The molecule has 0 spiro atoms. The summed E-state index contributed by atoms with van der Waals surface area (Å²) in [4.78, 5) is 4.70. The first-order valence-electron chi connectivity index (χ1n) is 12.3. The molecule has 0 amide bonds. The number of hydrogen-bond acceptors (Lipinski definition) is 2. The first-order valence-corrected chi connectivity index (χ1v) is 12.3. The molecule has 8 rings (SSSR count). The fourth-order valence-electron chi connectivity index (χ4n) is 5.63. The predicted molar refractivity (Wildman–Crippen MR) is 150 cm³/mol. The van der Waals surface area contributed by atoms with Crippen molar-refractivity contribution in [3.05, 3.63) is 128 Å². The van der Waals surface area contributed by atoms with Crippen LogP contribution in [0.5, 0.6) is 0 Å². The van der Waals surface area contributed by atoms with E-state index in [9.17, 15) is 0 Å². The van der Waals surface area contributed by atoms with Crippen molar-refractivity contribution in [1.82, 2.24) is 23.9 Å². The van der Waals surface area contributed by atoms with E-state index in [2.05, 4.69) is 105 Å². The molecule has 0 N–H and O–H groups in total. The largest absolute Gasteiger partial charge is 0.309 e. The Hall–Kier alpha value is -4.47. The Morgan fingerprint density at radius 1 is 0.474 bits per heavy atom. The van der Waals surface area contributed by atoms with Crippen LogP contribution < -0.4 is 0 Å². The maximum Gasteiger partial charge on any atom is 0.137 e. The van der Waals surface area contributed by atoms with E-state index < -0.39 is 0 Å². The maximum atomic E-state index is 4.70. The van der Waals surface area contributed by atoms with E-state index in [1.807, 2.05) is 41.5 Å². The summed E-state index contributed by atoms with van der Waals surface area (Å²) in [5.41, 5.74) is 6.74. The van der Waals surface area contributed by atoms with Crippen molar-refractivity contribution in [2.45, 2.75) is 0 Å². The molecule has 8 aromatic rings. The topological polar surface area (TPSA) is 40.6 Å². The predicted octanol–water partition coefficient (Wildman–Crippen LogP) is 7.46. The van der Waals surface area contributed by atoms with Crippen LogP contribution in [-0.2, 0) is 21.1 Å². The number of nitrogens with zero attached hydrogens (tertiary/aromatic N) is 5. The molecule has 184 valence electrons. The number of rotatable bonds is 3. The summed E-state index contributed by atoms with van der Waals surface area (Å²) >= 11 is 0. The standard InChI is InChI=1S/C32H21N5.Pt/c1-3-10-28-24(8-1)26-15-13-22(35-19-7-18-34-35)20-30(26)36(28)23-14-16-27-25-9-2-4-11-29(25)37(31(27)21-23)32-12-5-6-17-33-32;/h1-21H;. The van der Waals surface area contributed by atoms with E-state index in [0.29, 0.717) is 0 Å². The summed E-state index contributed by atoms with van der Waals surface area (Å²) in [7, 11) is 0. The molecule has 0 radical (unpaired) electrons. The summed E-state index contributed by atoms with van der Waals surface area (Å²) in [6.45, 7) is 0. The third kappa shape index (κ3) is 3.29. The Morgan fingerprint density at radius 3 is 1.76 bits per heavy atom. The van der Waals surface area contributed by atoms with Gasteiger partial charge < -0.3 is 4.57 Å². The molecule has 0 aliphatic rings. The third-order valence-electron chi connectivity index (χ3n) is 7.22. The molecule has 4 heterocycles. The van der Waals surface area contributed by atoms with E-state index in [1.54, 1.807) is 0 Å². The fourth-order valence-corrected chi connectivity index (χ4v) is 5.63. The molecule has 0 unspecified atom stereocenters. The van der Waals surface area contributed by atoms with E-state index in [1.165, 1.54) is 27.1 Å². The van der Waals surface area contributed by atoms with Crippen molar-refractivity contribution in [2.75, 3.05) is 0 Å². The number of benzene rings is 4. The van der Waals surface area contributed by atoms with E-state index >= 15 is 0 Å². The molecule has 4 aromatic carbocycles. The van der Waals surface area contributed by atoms with Crippen LogP contribution in [0.2, 0.25) is 0 Å². The van der Waals surface area contributed by atoms with Crippen LogP contribution in [0.25, 0.3) is 60.8 Å². The second-order valence-corrected chi connectivity index (χ2v) is 9.25. The van der Waals surface area contributed by atoms with Gasteiger partial charge in [-0.2, -0.15) is 5.10 Å². The second-order valence-electron chi connectivity index (χ2n) is 9.25. The van der Waals surface area contributed by atoms with Gasteiger partial charge in [0.05, 0.1) is 27.8 Å². The Bertz CT molecular complexity index is 2090. The maximum absolute atomic E-state index is 4.70. The van der Waals surface area contributed by atoms with Crippen LogP contribution in [0.1, 0.15) is 0 Å². The van der Waals surface area contributed by atoms with Crippen molar-refractivity contribution in [3.63, 3.8) is 0 Å². The minimum absolute atomic E-state index is 0. The van der Waals surface area contributed by atoms with Crippen molar-refractivity contribution in [1.29, 1.82) is 0 Å². The molecule has 4 aromatic heterocycles. The molecular formula is C32H21N5Pt. The number of hydrogen-bond donors (Lipinski definition) is 0. The number of fused-ring (bicyclic) bond motifs is 6. The molecule has 6 heteroatoms. The van der Waals surface area contributed by atoms with E-state index in [-0.39, 0.29) is 21.1 Å². The van der Waals surface area contributed by atoms with E-state index in [4.69, 9.17) is 4.98 Å². The van der Waals surface area contributed by atoms with Gasteiger partial charge >= 0.3 is 0 Å². The summed E-state index contributed by atoms with van der Waals surface area (Å²) in [5.74, 6) is 0.911. The zero-order valence-electron chi connectivity index (χ0n) is 20.2. The van der Waals surface area contributed by atoms with Crippen LogP contribution in [0.3, 0.4) is 0 Å². The first kappa shape index (κ1) is 22.7. The zero-order valence-corrected chi connectivity index (χ0v) is 22.4. The first-order chi connectivity index (χ1) is 18.4. The number of pyridine rings is 1. The van der Waals surface area contributed by atoms with Crippen LogP contribution in [0.15, 0.2) is 128 Å². The van der Waals surface area contributed by atoms with Crippen molar-refractivity contribution >= 4 is 43.6 Å². The Kier molecular flexibility index (Phi) is 5.27. The summed E-state index contributed by atoms with van der Waals surface area (Å²) in [6.07, 6.45) is 5.64. The van der Waals surface area contributed by atoms with Crippen LogP contribution in [0.4, 0.5) is 0 Å². The average molecular weight is 671 g/mol. The van der Waals surface area contributed by atoms with Gasteiger partial charge in [-0.25, -0.2) is 9.67 Å². The van der Waals surface area contributed by atoms with Gasteiger partial charge in [0.2, 0.25) is 0 Å². The van der Waals surface area contributed by atoms with Crippen LogP contribution >= 0.6 is 0 Å². The van der Waals surface area contributed by atoms with Gasteiger partial charge in [0.25, 0.3) is 0 Å². The summed E-state index contributed by atoms with van der Waals surface area (Å²) < 4.78 is 6.53. The van der Waals surface area contributed by atoms with Crippen molar-refractivity contribution in [2.24, 2.45) is 0 Å².